The van der Waals surface area contributed by atoms with Crippen LogP contribution in [-0.2, 0) is 0 Å². The van der Waals surface area contributed by atoms with Gasteiger partial charge < -0.3 is 10.1 Å². The van der Waals surface area contributed by atoms with Gasteiger partial charge in [0.2, 0.25) is 0 Å². The molecule has 15 heavy (non-hydrogen) atoms. The van der Waals surface area contributed by atoms with Gasteiger partial charge in [-0.15, -0.1) is 0 Å². The van der Waals surface area contributed by atoms with Crippen molar-refractivity contribution in [3.63, 3.8) is 0 Å². The van der Waals surface area contributed by atoms with Crippen molar-refractivity contribution >= 4 is 0 Å². The fraction of sp³-hybridized carbons (Fsp3) is 0.500. The highest BCUT2D eigenvalue weighted by Crippen LogP contribution is 2.14. The number of benzene rings is 1. The molecule has 2 rings (SSSR count). The summed E-state index contributed by atoms with van der Waals surface area (Å²) in [4.78, 5) is 0. The Morgan fingerprint density at radius 2 is 2.40 bits per heavy atom. The Morgan fingerprint density at radius 1 is 1.47 bits per heavy atom. The molecule has 3 heteroatoms. The van der Waals surface area contributed by atoms with Crippen LogP contribution in [0.5, 0.6) is 5.75 Å². The summed E-state index contributed by atoms with van der Waals surface area (Å²) in [6.45, 7) is 1.77. The van der Waals surface area contributed by atoms with Crippen LogP contribution in [0.4, 0.5) is 4.39 Å². The van der Waals surface area contributed by atoms with Crippen LogP contribution in [0.1, 0.15) is 19.3 Å². The lowest BCUT2D eigenvalue weighted by atomic mass is 10.2. The minimum absolute atomic E-state index is 0.244. The summed E-state index contributed by atoms with van der Waals surface area (Å²) in [5.41, 5.74) is 0. The lowest BCUT2D eigenvalue weighted by molar-refractivity contribution is 0.291. The van der Waals surface area contributed by atoms with Crippen molar-refractivity contribution < 1.29 is 9.13 Å². The molecule has 0 amide bonds. The zero-order valence-electron chi connectivity index (χ0n) is 8.71. The third-order valence-corrected chi connectivity index (χ3v) is 2.69. The molecule has 1 atom stereocenters. The topological polar surface area (TPSA) is 21.3 Å². The van der Waals surface area contributed by atoms with Crippen LogP contribution in [0.3, 0.4) is 0 Å². The van der Waals surface area contributed by atoms with Crippen molar-refractivity contribution in [2.75, 3.05) is 13.2 Å². The normalized spacial score (nSPS) is 20.5. The molecule has 1 unspecified atom stereocenters. The van der Waals surface area contributed by atoms with Crippen molar-refractivity contribution in [3.05, 3.63) is 30.1 Å². The molecule has 1 N–H and O–H groups in total. The Hall–Kier alpha value is -1.09. The number of halogens is 1. The van der Waals surface area contributed by atoms with Gasteiger partial charge in [0.1, 0.15) is 11.6 Å². The average Bonchev–Trinajstić information content (AvgIpc) is 2.71. The SMILES string of the molecule is Fc1cccc(OCCC2CCCN2)c1. The molecular weight excluding hydrogens is 193 g/mol. The molecule has 1 aromatic rings. The van der Waals surface area contributed by atoms with Gasteiger partial charge in [-0.2, -0.15) is 0 Å². The van der Waals surface area contributed by atoms with E-state index in [1.54, 1.807) is 12.1 Å². The molecule has 0 radical (unpaired) electrons. The average molecular weight is 209 g/mol. The highest BCUT2D eigenvalue weighted by Gasteiger charge is 2.13. The van der Waals surface area contributed by atoms with Gasteiger partial charge in [-0.3, -0.25) is 0 Å². The maximum Gasteiger partial charge on any atom is 0.126 e. The van der Waals surface area contributed by atoms with Crippen LogP contribution in [0.2, 0.25) is 0 Å². The summed E-state index contributed by atoms with van der Waals surface area (Å²) < 4.78 is 18.3. The number of rotatable bonds is 4. The van der Waals surface area contributed by atoms with E-state index in [0.717, 1.165) is 13.0 Å². The third-order valence-electron chi connectivity index (χ3n) is 2.69. The monoisotopic (exact) mass is 209 g/mol. The second-order valence-corrected chi connectivity index (χ2v) is 3.89. The summed E-state index contributed by atoms with van der Waals surface area (Å²) in [7, 11) is 0. The molecule has 82 valence electrons. The summed E-state index contributed by atoms with van der Waals surface area (Å²) in [5, 5.41) is 3.40. The first-order chi connectivity index (χ1) is 7.34. The minimum atomic E-state index is -0.244. The Balaban J connectivity index is 1.73. The molecule has 1 fully saturated rings. The van der Waals surface area contributed by atoms with Gasteiger partial charge >= 0.3 is 0 Å². The van der Waals surface area contributed by atoms with E-state index in [9.17, 15) is 4.39 Å². The molecular formula is C12H16FNO. The quantitative estimate of drug-likeness (QED) is 0.821. The Labute approximate surface area is 89.4 Å². The molecule has 0 aliphatic carbocycles. The van der Waals surface area contributed by atoms with Crippen LogP contribution >= 0.6 is 0 Å². The molecule has 1 aromatic carbocycles. The lowest BCUT2D eigenvalue weighted by Gasteiger charge is -2.11. The van der Waals surface area contributed by atoms with E-state index in [0.29, 0.717) is 18.4 Å². The Morgan fingerprint density at radius 3 is 3.13 bits per heavy atom. The van der Waals surface area contributed by atoms with E-state index in [1.807, 2.05) is 0 Å². The molecule has 0 saturated carbocycles. The van der Waals surface area contributed by atoms with E-state index in [-0.39, 0.29) is 5.82 Å². The summed E-state index contributed by atoms with van der Waals surface area (Å²) in [6, 6.07) is 6.87. The summed E-state index contributed by atoms with van der Waals surface area (Å²) >= 11 is 0. The van der Waals surface area contributed by atoms with Crippen molar-refractivity contribution in [3.8, 4) is 5.75 Å². The maximum atomic E-state index is 12.8. The number of hydrogen-bond acceptors (Lipinski definition) is 2. The predicted molar refractivity (Wildman–Crippen MR) is 57.5 cm³/mol. The molecule has 1 saturated heterocycles. The van der Waals surface area contributed by atoms with Crippen LogP contribution < -0.4 is 10.1 Å². The van der Waals surface area contributed by atoms with Crippen molar-refractivity contribution in [2.45, 2.75) is 25.3 Å². The number of ether oxygens (including phenoxy) is 1. The second-order valence-electron chi connectivity index (χ2n) is 3.89. The fourth-order valence-corrected chi connectivity index (χ4v) is 1.88. The Kier molecular flexibility index (Phi) is 3.56. The van der Waals surface area contributed by atoms with Crippen LogP contribution in [0.25, 0.3) is 0 Å². The first-order valence-electron chi connectivity index (χ1n) is 5.46. The summed E-state index contributed by atoms with van der Waals surface area (Å²) in [6.07, 6.45) is 3.48. The van der Waals surface area contributed by atoms with E-state index >= 15 is 0 Å². The predicted octanol–water partition coefficient (Wildman–Crippen LogP) is 2.35. The second kappa shape index (κ2) is 5.12. The summed E-state index contributed by atoms with van der Waals surface area (Å²) in [5.74, 6) is 0.375. The van der Waals surface area contributed by atoms with Gasteiger partial charge in [-0.1, -0.05) is 6.07 Å². The van der Waals surface area contributed by atoms with Gasteiger partial charge in [0.05, 0.1) is 6.61 Å². The molecule has 1 aliphatic rings. The fourth-order valence-electron chi connectivity index (χ4n) is 1.88. The van der Waals surface area contributed by atoms with Gasteiger partial charge in [0.15, 0.2) is 0 Å². The van der Waals surface area contributed by atoms with E-state index in [1.165, 1.54) is 25.0 Å². The van der Waals surface area contributed by atoms with Crippen LogP contribution in [0.15, 0.2) is 24.3 Å². The van der Waals surface area contributed by atoms with Crippen molar-refractivity contribution in [1.82, 2.24) is 5.32 Å². The third kappa shape index (κ3) is 3.20. The highest BCUT2D eigenvalue weighted by atomic mass is 19.1. The van der Waals surface area contributed by atoms with E-state index in [4.69, 9.17) is 4.74 Å². The standard InChI is InChI=1S/C12H16FNO/c13-10-3-1-5-12(9-10)15-8-6-11-4-2-7-14-11/h1,3,5,9,11,14H,2,4,6-8H2. The van der Waals surface area contributed by atoms with Crippen molar-refractivity contribution in [1.29, 1.82) is 0 Å². The largest absolute Gasteiger partial charge is 0.493 e. The van der Waals surface area contributed by atoms with E-state index in [2.05, 4.69) is 5.32 Å². The molecule has 0 bridgehead atoms. The maximum absolute atomic E-state index is 12.8. The minimum Gasteiger partial charge on any atom is -0.493 e. The van der Waals surface area contributed by atoms with Gasteiger partial charge in [-0.25, -0.2) is 4.39 Å². The van der Waals surface area contributed by atoms with Gasteiger partial charge in [0, 0.05) is 12.1 Å². The zero-order chi connectivity index (χ0) is 10.5. The van der Waals surface area contributed by atoms with E-state index < -0.39 is 0 Å². The molecule has 0 aromatic heterocycles. The van der Waals surface area contributed by atoms with Gasteiger partial charge in [-0.05, 0) is 37.9 Å². The molecule has 1 aliphatic heterocycles. The smallest absolute Gasteiger partial charge is 0.126 e. The van der Waals surface area contributed by atoms with Crippen LogP contribution in [-0.4, -0.2) is 19.2 Å². The highest BCUT2D eigenvalue weighted by molar-refractivity contribution is 5.22. The van der Waals surface area contributed by atoms with Crippen molar-refractivity contribution in [2.24, 2.45) is 0 Å². The first-order valence-corrected chi connectivity index (χ1v) is 5.46. The number of hydrogen-bond donors (Lipinski definition) is 1. The molecule has 1 heterocycles. The van der Waals surface area contributed by atoms with Crippen LogP contribution in [0, 0.1) is 5.82 Å². The Bertz CT molecular complexity index is 310. The lowest BCUT2D eigenvalue weighted by Crippen LogP contribution is -2.23. The number of nitrogens with one attached hydrogen (secondary N) is 1. The molecule has 0 spiro atoms. The zero-order valence-corrected chi connectivity index (χ0v) is 8.71. The molecule has 2 nitrogen and oxygen atoms in total. The first kappa shape index (κ1) is 10.4. The van der Waals surface area contributed by atoms with Gasteiger partial charge in [0.25, 0.3) is 0 Å².